The molecule has 3 rings (SSSR count). The van der Waals surface area contributed by atoms with Crippen LogP contribution in [-0.4, -0.2) is 17.8 Å². The number of aldehydes is 1. The minimum atomic E-state index is 0.552. The number of nitrogens with zero attached hydrogens (tertiary/aromatic N) is 2. The Morgan fingerprint density at radius 1 is 1.26 bits per heavy atom. The maximum Gasteiger partial charge on any atom is 0.153 e. The number of fused-ring (bicyclic) bond motifs is 1. The van der Waals surface area contributed by atoms with Crippen molar-refractivity contribution in [3.05, 3.63) is 53.7 Å². The molecule has 1 aliphatic heterocycles. The highest BCUT2D eigenvalue weighted by Crippen LogP contribution is 2.38. The van der Waals surface area contributed by atoms with Crippen molar-refractivity contribution in [1.82, 2.24) is 4.98 Å². The van der Waals surface area contributed by atoms with Gasteiger partial charge in [-0.15, -0.1) is 0 Å². The number of carbonyl (C=O) groups is 1. The average molecular weight is 252 g/mol. The molecule has 0 amide bonds. The number of pyridine rings is 1. The average Bonchev–Trinajstić information content (AvgIpc) is 2.48. The predicted octanol–water partition coefficient (Wildman–Crippen LogP) is 3.54. The van der Waals surface area contributed by atoms with E-state index in [1.807, 2.05) is 12.1 Å². The van der Waals surface area contributed by atoms with Gasteiger partial charge in [-0.2, -0.15) is 0 Å². The minimum Gasteiger partial charge on any atom is -0.326 e. The molecule has 1 aliphatic rings. The molecule has 3 heteroatoms. The molecule has 19 heavy (non-hydrogen) atoms. The molecule has 0 N–H and O–H groups in total. The topological polar surface area (TPSA) is 33.2 Å². The van der Waals surface area contributed by atoms with Crippen LogP contribution in [0.25, 0.3) is 0 Å². The summed E-state index contributed by atoms with van der Waals surface area (Å²) >= 11 is 0. The quantitative estimate of drug-likeness (QED) is 0.766. The normalized spacial score (nSPS) is 17.9. The molecule has 96 valence electrons. The van der Waals surface area contributed by atoms with E-state index in [1.165, 1.54) is 11.3 Å². The molecule has 1 aromatic heterocycles. The number of carbonyl (C=O) groups excluding carboxylic acids is 1. The van der Waals surface area contributed by atoms with Crippen LogP contribution >= 0.6 is 0 Å². The maximum atomic E-state index is 11.2. The van der Waals surface area contributed by atoms with E-state index in [1.54, 1.807) is 12.3 Å². The van der Waals surface area contributed by atoms with E-state index in [0.29, 0.717) is 11.5 Å². The second-order valence-corrected chi connectivity index (χ2v) is 4.93. The van der Waals surface area contributed by atoms with Gasteiger partial charge in [0.1, 0.15) is 5.82 Å². The van der Waals surface area contributed by atoms with E-state index in [-0.39, 0.29) is 0 Å². The molecule has 2 heterocycles. The number of anilines is 2. The third kappa shape index (κ3) is 2.01. The minimum absolute atomic E-state index is 0.552. The summed E-state index contributed by atoms with van der Waals surface area (Å²) in [5, 5.41) is 0. The number of aromatic nitrogens is 1. The van der Waals surface area contributed by atoms with Gasteiger partial charge in [-0.05, 0) is 36.1 Å². The highest BCUT2D eigenvalue weighted by Gasteiger charge is 2.24. The Balaban J connectivity index is 2.12. The highest BCUT2D eigenvalue weighted by molar-refractivity contribution is 5.85. The van der Waals surface area contributed by atoms with E-state index < -0.39 is 0 Å². The molecule has 0 saturated heterocycles. The standard InChI is InChI=1S/C16H16N2O/c1-12-8-10-18(15-7-3-2-6-14(12)15)16-13(11-19)5-4-9-17-16/h2-7,9,11-12H,8,10H2,1H3. The number of hydrogen-bond acceptors (Lipinski definition) is 3. The fraction of sp³-hybridized carbons (Fsp3) is 0.250. The van der Waals surface area contributed by atoms with Crippen molar-refractivity contribution in [3.8, 4) is 0 Å². The molecule has 0 radical (unpaired) electrons. The molecular weight excluding hydrogens is 236 g/mol. The Kier molecular flexibility index (Phi) is 3.03. The smallest absolute Gasteiger partial charge is 0.153 e. The van der Waals surface area contributed by atoms with Crippen molar-refractivity contribution in [1.29, 1.82) is 0 Å². The Bertz CT molecular complexity index is 609. The molecule has 0 spiro atoms. The van der Waals surface area contributed by atoms with Crippen LogP contribution in [0.1, 0.15) is 35.2 Å². The van der Waals surface area contributed by atoms with Crippen molar-refractivity contribution < 1.29 is 4.79 Å². The second kappa shape index (κ2) is 4.84. The third-order valence-corrected chi connectivity index (χ3v) is 3.74. The van der Waals surface area contributed by atoms with E-state index >= 15 is 0 Å². The van der Waals surface area contributed by atoms with Crippen LogP contribution in [0.4, 0.5) is 11.5 Å². The lowest BCUT2D eigenvalue weighted by molar-refractivity contribution is 0.112. The van der Waals surface area contributed by atoms with Crippen LogP contribution in [0.15, 0.2) is 42.6 Å². The highest BCUT2D eigenvalue weighted by atomic mass is 16.1. The molecule has 3 nitrogen and oxygen atoms in total. The van der Waals surface area contributed by atoms with Gasteiger partial charge in [-0.1, -0.05) is 25.1 Å². The summed E-state index contributed by atoms with van der Waals surface area (Å²) in [4.78, 5) is 17.7. The molecule has 1 atom stereocenters. The lowest BCUT2D eigenvalue weighted by Crippen LogP contribution is -2.27. The van der Waals surface area contributed by atoms with E-state index in [2.05, 4.69) is 35.0 Å². The largest absolute Gasteiger partial charge is 0.326 e. The van der Waals surface area contributed by atoms with Crippen LogP contribution < -0.4 is 4.90 Å². The fourth-order valence-electron chi connectivity index (χ4n) is 2.70. The summed E-state index contributed by atoms with van der Waals surface area (Å²) in [6, 6.07) is 12.0. The Morgan fingerprint density at radius 2 is 2.11 bits per heavy atom. The summed E-state index contributed by atoms with van der Waals surface area (Å²) in [5.74, 6) is 1.31. The zero-order valence-electron chi connectivity index (χ0n) is 10.9. The first kappa shape index (κ1) is 11.9. The lowest BCUT2D eigenvalue weighted by atomic mass is 9.91. The van der Waals surface area contributed by atoms with Crippen LogP contribution in [-0.2, 0) is 0 Å². The zero-order chi connectivity index (χ0) is 13.2. The van der Waals surface area contributed by atoms with Crippen LogP contribution in [0.5, 0.6) is 0 Å². The summed E-state index contributed by atoms with van der Waals surface area (Å²) in [5.41, 5.74) is 3.14. The van der Waals surface area contributed by atoms with Crippen LogP contribution in [0.3, 0.4) is 0 Å². The number of benzene rings is 1. The summed E-state index contributed by atoms with van der Waals surface area (Å²) in [6.07, 6.45) is 3.69. The molecule has 1 unspecified atom stereocenters. The molecule has 1 aromatic carbocycles. The summed E-state index contributed by atoms with van der Waals surface area (Å²) < 4.78 is 0. The maximum absolute atomic E-state index is 11.2. The van der Waals surface area contributed by atoms with Gasteiger partial charge in [-0.3, -0.25) is 4.79 Å². The number of hydrogen-bond donors (Lipinski definition) is 0. The van der Waals surface area contributed by atoms with Gasteiger partial charge < -0.3 is 4.90 Å². The zero-order valence-corrected chi connectivity index (χ0v) is 10.9. The van der Waals surface area contributed by atoms with Crippen molar-refractivity contribution in [2.75, 3.05) is 11.4 Å². The monoisotopic (exact) mass is 252 g/mol. The molecular formula is C16H16N2O. The van der Waals surface area contributed by atoms with Gasteiger partial charge in [0.05, 0.1) is 5.56 Å². The summed E-state index contributed by atoms with van der Waals surface area (Å²) in [7, 11) is 0. The van der Waals surface area contributed by atoms with Gasteiger partial charge in [0.2, 0.25) is 0 Å². The molecule has 0 saturated carbocycles. The molecule has 0 fully saturated rings. The van der Waals surface area contributed by atoms with Crippen molar-refractivity contribution in [2.24, 2.45) is 0 Å². The Labute approximate surface area is 112 Å². The molecule has 0 aliphatic carbocycles. The predicted molar refractivity (Wildman–Crippen MR) is 76.1 cm³/mol. The Morgan fingerprint density at radius 3 is 2.95 bits per heavy atom. The van der Waals surface area contributed by atoms with Gasteiger partial charge >= 0.3 is 0 Å². The SMILES string of the molecule is CC1CCN(c2ncccc2C=O)c2ccccc21. The Hall–Kier alpha value is -2.16. The lowest BCUT2D eigenvalue weighted by Gasteiger charge is -2.34. The summed E-state index contributed by atoms with van der Waals surface area (Å²) in [6.45, 7) is 3.14. The van der Waals surface area contributed by atoms with E-state index in [4.69, 9.17) is 0 Å². The fourth-order valence-corrected chi connectivity index (χ4v) is 2.70. The van der Waals surface area contributed by atoms with E-state index in [0.717, 1.165) is 25.1 Å². The molecule has 0 bridgehead atoms. The van der Waals surface area contributed by atoms with Crippen molar-refractivity contribution >= 4 is 17.8 Å². The van der Waals surface area contributed by atoms with Gasteiger partial charge in [0.15, 0.2) is 6.29 Å². The van der Waals surface area contributed by atoms with Crippen molar-refractivity contribution in [2.45, 2.75) is 19.3 Å². The van der Waals surface area contributed by atoms with Crippen molar-refractivity contribution in [3.63, 3.8) is 0 Å². The first-order chi connectivity index (χ1) is 9.31. The number of rotatable bonds is 2. The third-order valence-electron chi connectivity index (χ3n) is 3.74. The first-order valence-electron chi connectivity index (χ1n) is 6.58. The first-order valence-corrected chi connectivity index (χ1v) is 6.58. The van der Waals surface area contributed by atoms with Gasteiger partial charge in [0.25, 0.3) is 0 Å². The van der Waals surface area contributed by atoms with E-state index in [9.17, 15) is 4.79 Å². The second-order valence-electron chi connectivity index (χ2n) is 4.93. The van der Waals surface area contributed by atoms with Crippen LogP contribution in [0, 0.1) is 0 Å². The van der Waals surface area contributed by atoms with Gasteiger partial charge in [-0.25, -0.2) is 4.98 Å². The van der Waals surface area contributed by atoms with Crippen LogP contribution in [0.2, 0.25) is 0 Å². The molecule has 2 aromatic rings. The number of para-hydroxylation sites is 1. The van der Waals surface area contributed by atoms with Gasteiger partial charge in [0, 0.05) is 18.4 Å².